The van der Waals surface area contributed by atoms with Crippen LogP contribution in [0.3, 0.4) is 0 Å². The van der Waals surface area contributed by atoms with Gasteiger partial charge in [-0.2, -0.15) is 0 Å². The molecule has 6 aliphatic heterocycles. The lowest BCUT2D eigenvalue weighted by molar-refractivity contribution is -0.152. The van der Waals surface area contributed by atoms with Gasteiger partial charge in [0.1, 0.15) is 60.4 Å². The number of hydrogen-bond acceptors (Lipinski definition) is 14. The minimum atomic E-state index is -1.21. The number of unbranched alkanes of at least 4 members (excludes halogenated alkanes) is 1. The molecular weight excluding hydrogens is 1090 g/mol. The lowest BCUT2D eigenvalue weighted by Gasteiger charge is -2.35. The van der Waals surface area contributed by atoms with Crippen molar-refractivity contribution in [3.63, 3.8) is 0 Å². The van der Waals surface area contributed by atoms with Crippen molar-refractivity contribution in [1.29, 1.82) is 0 Å². The van der Waals surface area contributed by atoms with Gasteiger partial charge in [0, 0.05) is 45.7 Å². The minimum Gasteiger partial charge on any atom is -0.480 e. The molecule has 84 heavy (non-hydrogen) atoms. The molecule has 6 fully saturated rings. The third-order valence-electron chi connectivity index (χ3n) is 17.1. The summed E-state index contributed by atoms with van der Waals surface area (Å²) < 4.78 is 0. The largest absolute Gasteiger partial charge is 0.480 e. The highest BCUT2D eigenvalue weighted by Gasteiger charge is 2.47. The molecule has 6 aliphatic rings. The Balaban J connectivity index is 1.13. The van der Waals surface area contributed by atoms with Crippen molar-refractivity contribution in [2.24, 2.45) is 34.0 Å². The van der Waals surface area contributed by atoms with Crippen molar-refractivity contribution in [2.45, 2.75) is 210 Å². The second-order valence-electron chi connectivity index (χ2n) is 23.6. The van der Waals surface area contributed by atoms with E-state index in [4.69, 9.17) is 17.2 Å². The van der Waals surface area contributed by atoms with E-state index in [1.165, 1.54) is 24.5 Å². The van der Waals surface area contributed by atoms with Gasteiger partial charge >= 0.3 is 5.97 Å². The summed E-state index contributed by atoms with van der Waals surface area (Å²) >= 11 is 0. The van der Waals surface area contributed by atoms with Gasteiger partial charge in [-0.05, 0) is 128 Å². The predicted octanol–water partition coefficient (Wildman–Crippen LogP) is -2.37. The van der Waals surface area contributed by atoms with Crippen molar-refractivity contribution in [1.82, 2.24) is 56.4 Å². The van der Waals surface area contributed by atoms with Gasteiger partial charge in [0.05, 0.1) is 6.54 Å². The maximum absolute atomic E-state index is 14.8. The molecule has 0 aromatic rings. The summed E-state index contributed by atoms with van der Waals surface area (Å²) in [5.41, 5.74) is 17.0. The number of nitrogens with zero attached hydrogens (tertiary/aromatic N) is 6. The molecule has 0 saturated carbocycles. The molecule has 28 heteroatoms. The van der Waals surface area contributed by atoms with Crippen LogP contribution in [0.25, 0.3) is 0 Å². The average molecular weight is 1180 g/mol. The summed E-state index contributed by atoms with van der Waals surface area (Å²) in [6.07, 6.45) is 6.36. The monoisotopic (exact) mass is 1180 g/mol. The number of guanidine groups is 1. The first-order valence-corrected chi connectivity index (χ1v) is 30.3. The highest BCUT2D eigenvalue weighted by molar-refractivity contribution is 6.00. The number of likely N-dealkylation sites (tertiary alicyclic amines) is 5. The molecule has 0 aromatic carbocycles. The Morgan fingerprint density at radius 3 is 1.64 bits per heavy atom. The number of rotatable bonds is 28. The highest BCUT2D eigenvalue weighted by atomic mass is 16.4. The second-order valence-corrected chi connectivity index (χ2v) is 23.6. The molecule has 0 aliphatic carbocycles. The van der Waals surface area contributed by atoms with Gasteiger partial charge < -0.3 is 78.7 Å². The molecule has 6 heterocycles. The number of aliphatic imine (C=N–C) groups is 1. The Morgan fingerprint density at radius 2 is 1.11 bits per heavy atom. The Kier molecular flexibility index (Phi) is 24.5. The standard InChI is InChI=1S/C56H91N15O13/c1-5-33(4)45(54(82)70-28-12-19-41(70)53(81)71-29-13-20-42(71)55(83)84)66-47(75)34(14-6-7-23-57)64-48(76)38-16-9-25-67(38)50(78)36(15-8-24-60-56(58)59)65-49(77)39-17-10-26-68(39)52(80)40-18-11-27-69(40)51(79)37(30-32(2)3)63-44(73)31-61-46(74)35-21-22-43(72)62-35/h32-42,45H,5-31,57H2,1-4H3,(H,61,74)(H,62,72)(H,63,73)(H,64,76)(H,65,77)(H,66,75)(H,83,84)(H4,58,59,60). The van der Waals surface area contributed by atoms with E-state index in [1.807, 2.05) is 20.8 Å². The van der Waals surface area contributed by atoms with Crippen LogP contribution in [0.1, 0.15) is 150 Å². The van der Waals surface area contributed by atoms with E-state index >= 15 is 0 Å². The van der Waals surface area contributed by atoms with Crippen LogP contribution in [0.5, 0.6) is 0 Å². The van der Waals surface area contributed by atoms with Gasteiger partial charge in [0.25, 0.3) is 0 Å². The van der Waals surface area contributed by atoms with Crippen LogP contribution in [-0.2, 0) is 57.5 Å². The lowest BCUT2D eigenvalue weighted by atomic mass is 9.96. The van der Waals surface area contributed by atoms with Crippen LogP contribution in [-0.4, -0.2) is 219 Å². The van der Waals surface area contributed by atoms with Crippen LogP contribution in [0.4, 0.5) is 0 Å². The zero-order valence-electron chi connectivity index (χ0n) is 49.3. The molecule has 468 valence electrons. The molecule has 13 N–H and O–H groups in total. The molecular formula is C56H91N15O13. The molecule has 0 bridgehead atoms. The zero-order valence-corrected chi connectivity index (χ0v) is 49.3. The predicted molar refractivity (Wildman–Crippen MR) is 305 cm³/mol. The van der Waals surface area contributed by atoms with Gasteiger partial charge in [-0.3, -0.25) is 57.7 Å². The molecule has 6 rings (SSSR count). The first-order chi connectivity index (χ1) is 40.1. The smallest absolute Gasteiger partial charge is 0.326 e. The van der Waals surface area contributed by atoms with E-state index in [1.54, 1.807) is 6.92 Å². The molecule has 11 amide bonds. The fourth-order valence-corrected chi connectivity index (χ4v) is 12.5. The van der Waals surface area contributed by atoms with Crippen molar-refractivity contribution in [2.75, 3.05) is 52.4 Å². The summed E-state index contributed by atoms with van der Waals surface area (Å²) in [6, 6.07) is -10.2. The summed E-state index contributed by atoms with van der Waals surface area (Å²) in [4.78, 5) is 176. The quantitative estimate of drug-likeness (QED) is 0.0222. The Bertz CT molecular complexity index is 2460. The second kappa shape index (κ2) is 31.1. The molecule has 0 radical (unpaired) electrons. The maximum atomic E-state index is 14.8. The molecule has 0 aromatic heterocycles. The number of carboxylic acids is 1. The van der Waals surface area contributed by atoms with Crippen LogP contribution in [0, 0.1) is 11.8 Å². The van der Waals surface area contributed by atoms with E-state index in [0.29, 0.717) is 83.6 Å². The van der Waals surface area contributed by atoms with E-state index in [0.717, 1.165) is 0 Å². The van der Waals surface area contributed by atoms with Crippen molar-refractivity contribution < 1.29 is 62.6 Å². The number of hydrogen-bond donors (Lipinski definition) is 10. The number of amides is 11. The Labute approximate surface area is 491 Å². The maximum Gasteiger partial charge on any atom is 0.326 e. The van der Waals surface area contributed by atoms with Crippen LogP contribution >= 0.6 is 0 Å². The number of nitrogens with one attached hydrogen (secondary N) is 6. The SMILES string of the molecule is CCC(C)C(NC(=O)C(CCCCN)NC(=O)C1CCCN1C(=O)C(CCCN=C(N)N)NC(=O)C1CCCN1C(=O)C1CCCN1C(=O)C(CC(C)C)NC(=O)CNC(=O)C1CCC(=O)N1)C(=O)N1CCCC1C(=O)N1CCCC1C(=O)O. The van der Waals surface area contributed by atoms with Gasteiger partial charge in [-0.1, -0.05) is 34.1 Å². The first-order valence-electron chi connectivity index (χ1n) is 30.3. The van der Waals surface area contributed by atoms with Gasteiger partial charge in [-0.15, -0.1) is 0 Å². The van der Waals surface area contributed by atoms with Gasteiger partial charge in [0.15, 0.2) is 5.96 Å². The molecule has 11 unspecified atom stereocenters. The lowest BCUT2D eigenvalue weighted by Crippen LogP contribution is -2.60. The fourth-order valence-electron chi connectivity index (χ4n) is 12.5. The number of carboxylic acid groups (broad SMARTS) is 1. The van der Waals surface area contributed by atoms with E-state index in [2.05, 4.69) is 36.9 Å². The van der Waals surface area contributed by atoms with Gasteiger partial charge in [-0.25, -0.2) is 4.79 Å². The third-order valence-corrected chi connectivity index (χ3v) is 17.1. The molecule has 0 spiro atoms. The van der Waals surface area contributed by atoms with E-state index < -0.39 is 138 Å². The summed E-state index contributed by atoms with van der Waals surface area (Å²) in [5.74, 6) is -7.49. The number of carbonyl (C=O) groups excluding carboxylic acids is 11. The summed E-state index contributed by atoms with van der Waals surface area (Å²) in [7, 11) is 0. The van der Waals surface area contributed by atoms with E-state index in [9.17, 15) is 62.6 Å². The minimum absolute atomic E-state index is 0.0400. The number of carbonyl (C=O) groups is 12. The van der Waals surface area contributed by atoms with E-state index in [-0.39, 0.29) is 102 Å². The van der Waals surface area contributed by atoms with Crippen molar-refractivity contribution >= 4 is 76.9 Å². The zero-order chi connectivity index (χ0) is 61.4. The Hall–Kier alpha value is -7.13. The topological polar surface area (TPSA) is 404 Å². The fraction of sp³-hybridized carbons (Fsp3) is 0.768. The third kappa shape index (κ3) is 17.0. The van der Waals surface area contributed by atoms with Crippen molar-refractivity contribution in [3.8, 4) is 0 Å². The summed E-state index contributed by atoms with van der Waals surface area (Å²) in [5, 5.41) is 26.2. The number of nitrogens with two attached hydrogens (primary N) is 3. The number of aliphatic carboxylic acids is 1. The Morgan fingerprint density at radius 1 is 0.607 bits per heavy atom. The molecule has 6 saturated heterocycles. The van der Waals surface area contributed by atoms with Crippen molar-refractivity contribution in [3.05, 3.63) is 0 Å². The summed E-state index contributed by atoms with van der Waals surface area (Å²) in [6.45, 7) is 8.44. The average Bonchev–Trinajstić information content (AvgIpc) is 3.03. The van der Waals surface area contributed by atoms with Crippen LogP contribution in [0.2, 0.25) is 0 Å². The molecule has 28 nitrogen and oxygen atoms in total. The highest BCUT2D eigenvalue weighted by Crippen LogP contribution is 2.30. The van der Waals surface area contributed by atoms with Crippen LogP contribution in [0.15, 0.2) is 4.99 Å². The normalized spacial score (nSPS) is 24.0. The molecule has 11 atom stereocenters. The van der Waals surface area contributed by atoms with Gasteiger partial charge in [0.2, 0.25) is 65.0 Å². The first kappa shape index (κ1) is 66.0. The van der Waals surface area contributed by atoms with Crippen LogP contribution < -0.4 is 49.1 Å².